The molecule has 1 N–H and O–H groups in total. The van der Waals surface area contributed by atoms with Gasteiger partial charge in [0.25, 0.3) is 6.01 Å². The van der Waals surface area contributed by atoms with Crippen LogP contribution in [0.1, 0.15) is 0 Å². The van der Waals surface area contributed by atoms with Crippen molar-refractivity contribution >= 4 is 11.7 Å². The third kappa shape index (κ3) is 3.35. The number of para-hydroxylation sites is 2. The van der Waals surface area contributed by atoms with Gasteiger partial charge in [-0.05, 0) is 12.1 Å². The van der Waals surface area contributed by atoms with Gasteiger partial charge in [0.1, 0.15) is 5.75 Å². The lowest BCUT2D eigenvalue weighted by atomic mass is 10.2. The zero-order valence-electron chi connectivity index (χ0n) is 11.4. The summed E-state index contributed by atoms with van der Waals surface area (Å²) in [7, 11) is 1.63. The van der Waals surface area contributed by atoms with E-state index in [9.17, 15) is 0 Å². The number of rotatable bonds is 4. The monoisotopic (exact) mass is 301 g/mol. The summed E-state index contributed by atoms with van der Waals surface area (Å²) >= 11 is 0. The van der Waals surface area contributed by atoms with Crippen LogP contribution in [-0.2, 0) is 0 Å². The van der Waals surface area contributed by atoms with Crippen molar-refractivity contribution in [2.75, 3.05) is 12.4 Å². The number of halogens is 1. The summed E-state index contributed by atoms with van der Waals surface area (Å²) in [5.41, 5.74) is 1.81. The minimum atomic E-state index is 0. The van der Waals surface area contributed by atoms with E-state index in [4.69, 9.17) is 9.15 Å². The van der Waals surface area contributed by atoms with Crippen LogP contribution in [0, 0.1) is 0 Å². The molecule has 0 amide bonds. The number of benzene rings is 2. The zero-order chi connectivity index (χ0) is 13.8. The Morgan fingerprint density at radius 2 is 1.71 bits per heavy atom. The molecule has 0 aliphatic rings. The van der Waals surface area contributed by atoms with Gasteiger partial charge in [-0.1, -0.05) is 42.5 Å². The number of aromatic nitrogens is 1. The second-order valence-corrected chi connectivity index (χ2v) is 4.22. The maximum absolute atomic E-state index is 5.70. The second-order valence-electron chi connectivity index (χ2n) is 4.22. The first-order valence-electron chi connectivity index (χ1n) is 6.28. The highest BCUT2D eigenvalue weighted by Gasteiger charge is 2.08. The third-order valence-corrected chi connectivity index (χ3v) is 2.91. The Balaban J connectivity index is 0.00000161. The van der Waals surface area contributed by atoms with Gasteiger partial charge >= 0.3 is 0 Å². The summed E-state index contributed by atoms with van der Waals surface area (Å²) in [4.78, 5) is 4.23. The van der Waals surface area contributed by atoms with Crippen molar-refractivity contribution in [1.82, 2.24) is 4.98 Å². The number of oxazole rings is 1. The summed E-state index contributed by atoms with van der Waals surface area (Å²) in [6.45, 7) is 0. The summed E-state index contributed by atoms with van der Waals surface area (Å²) in [6.07, 6.45) is 1.70. The van der Waals surface area contributed by atoms with Crippen LogP contribution >= 0.6 is 0 Å². The molecule has 3 rings (SSSR count). The lowest BCUT2D eigenvalue weighted by molar-refractivity contribution is -0.00000487. The Kier molecular flexibility index (Phi) is 4.85. The van der Waals surface area contributed by atoms with Crippen molar-refractivity contribution in [3.8, 4) is 17.1 Å². The van der Waals surface area contributed by atoms with E-state index in [1.54, 1.807) is 13.3 Å². The molecule has 108 valence electrons. The summed E-state index contributed by atoms with van der Waals surface area (Å²) in [5.74, 6) is 1.47. The lowest BCUT2D eigenvalue weighted by Gasteiger charge is -2.07. The zero-order valence-corrected chi connectivity index (χ0v) is 12.2. The number of hydrogen-bond donors (Lipinski definition) is 1. The van der Waals surface area contributed by atoms with Gasteiger partial charge in [-0.15, -0.1) is 0 Å². The quantitative estimate of drug-likeness (QED) is 0.784. The predicted molar refractivity (Wildman–Crippen MR) is 78.2 cm³/mol. The molecule has 0 saturated heterocycles. The van der Waals surface area contributed by atoms with Crippen LogP contribution in [0.3, 0.4) is 0 Å². The summed E-state index contributed by atoms with van der Waals surface area (Å²) < 4.78 is 11.0. The van der Waals surface area contributed by atoms with Crippen LogP contribution < -0.4 is 22.5 Å². The molecular weight excluding hydrogens is 288 g/mol. The van der Waals surface area contributed by atoms with E-state index in [0.717, 1.165) is 22.8 Å². The lowest BCUT2D eigenvalue weighted by Crippen LogP contribution is -3.00. The molecule has 5 heteroatoms. The van der Waals surface area contributed by atoms with Gasteiger partial charge < -0.3 is 26.9 Å². The highest BCUT2D eigenvalue weighted by Crippen LogP contribution is 2.28. The van der Waals surface area contributed by atoms with Crippen molar-refractivity contribution < 1.29 is 21.6 Å². The van der Waals surface area contributed by atoms with Crippen LogP contribution in [-0.4, -0.2) is 12.1 Å². The highest BCUT2D eigenvalue weighted by atomic mass is 35.5. The number of methoxy groups -OCH3 is 1. The second kappa shape index (κ2) is 6.81. The Labute approximate surface area is 129 Å². The molecule has 0 aliphatic carbocycles. The fourth-order valence-corrected chi connectivity index (χ4v) is 1.93. The number of anilines is 2. The molecule has 4 nitrogen and oxygen atoms in total. The van der Waals surface area contributed by atoms with Gasteiger partial charge in [-0.3, -0.25) is 0 Å². The van der Waals surface area contributed by atoms with E-state index in [0.29, 0.717) is 6.01 Å². The van der Waals surface area contributed by atoms with Crippen molar-refractivity contribution in [1.29, 1.82) is 0 Å². The number of ether oxygens (including phenoxy) is 1. The molecule has 0 aliphatic heterocycles. The molecule has 1 heterocycles. The first kappa shape index (κ1) is 14.9. The standard InChI is InChI=1S/C16H14N2O2.ClH/c1-19-14-10-6-5-9-13(14)18-16-17-11-15(20-16)12-7-3-2-4-8-12;/h2-11H,1H3,(H,17,18);1H/p-1. The number of nitrogens with one attached hydrogen (secondary N) is 1. The van der Waals surface area contributed by atoms with E-state index >= 15 is 0 Å². The molecule has 0 saturated carbocycles. The van der Waals surface area contributed by atoms with Gasteiger partial charge in [0.2, 0.25) is 0 Å². The van der Waals surface area contributed by atoms with Crippen LogP contribution in [0.4, 0.5) is 11.7 Å². The molecule has 0 unspecified atom stereocenters. The molecule has 3 aromatic rings. The molecule has 21 heavy (non-hydrogen) atoms. The van der Waals surface area contributed by atoms with E-state index in [1.807, 2.05) is 54.6 Å². The molecule has 0 atom stereocenters. The van der Waals surface area contributed by atoms with E-state index in [1.165, 1.54) is 0 Å². The van der Waals surface area contributed by atoms with Crippen molar-refractivity contribution in [2.45, 2.75) is 0 Å². The van der Waals surface area contributed by atoms with E-state index < -0.39 is 0 Å². The van der Waals surface area contributed by atoms with Crippen LogP contribution in [0.2, 0.25) is 0 Å². The first-order chi connectivity index (χ1) is 9.86. The molecule has 0 bridgehead atoms. The molecule has 1 aromatic heterocycles. The van der Waals surface area contributed by atoms with Crippen molar-refractivity contribution in [3.63, 3.8) is 0 Å². The normalized spacial score (nSPS) is 9.76. The molecular formula is C16H14ClN2O2-. The Hall–Kier alpha value is -2.46. The van der Waals surface area contributed by atoms with Gasteiger partial charge in [0, 0.05) is 5.56 Å². The minimum Gasteiger partial charge on any atom is -1.00 e. The van der Waals surface area contributed by atoms with Gasteiger partial charge in [-0.25, -0.2) is 4.98 Å². The van der Waals surface area contributed by atoms with Crippen molar-refractivity contribution in [3.05, 3.63) is 60.8 Å². The molecule has 0 fully saturated rings. The Bertz CT molecular complexity index is 698. The van der Waals surface area contributed by atoms with Crippen LogP contribution in [0.5, 0.6) is 5.75 Å². The van der Waals surface area contributed by atoms with Gasteiger partial charge in [0.05, 0.1) is 19.0 Å². The SMILES string of the molecule is COc1ccccc1Nc1ncc(-c2ccccc2)o1.[Cl-]. The van der Waals surface area contributed by atoms with Crippen LogP contribution in [0.15, 0.2) is 65.2 Å². The average molecular weight is 302 g/mol. The van der Waals surface area contributed by atoms with Gasteiger partial charge in [-0.2, -0.15) is 0 Å². The molecule has 0 spiro atoms. The van der Waals surface area contributed by atoms with Gasteiger partial charge in [0.15, 0.2) is 5.76 Å². The maximum Gasteiger partial charge on any atom is 0.299 e. The summed E-state index contributed by atoms with van der Waals surface area (Å²) in [5, 5.41) is 3.11. The van der Waals surface area contributed by atoms with E-state index in [2.05, 4.69) is 10.3 Å². The maximum atomic E-state index is 5.70. The fourth-order valence-electron chi connectivity index (χ4n) is 1.93. The Morgan fingerprint density at radius 1 is 1.00 bits per heavy atom. The predicted octanol–water partition coefficient (Wildman–Crippen LogP) is 1.10. The summed E-state index contributed by atoms with van der Waals surface area (Å²) in [6, 6.07) is 17.9. The van der Waals surface area contributed by atoms with Crippen molar-refractivity contribution in [2.24, 2.45) is 0 Å². The Morgan fingerprint density at radius 3 is 2.48 bits per heavy atom. The fraction of sp³-hybridized carbons (Fsp3) is 0.0625. The average Bonchev–Trinajstić information content (AvgIpc) is 2.97. The number of hydrogen-bond acceptors (Lipinski definition) is 4. The van der Waals surface area contributed by atoms with E-state index in [-0.39, 0.29) is 12.4 Å². The third-order valence-electron chi connectivity index (χ3n) is 2.91. The highest BCUT2D eigenvalue weighted by molar-refractivity contribution is 5.63. The minimum absolute atomic E-state index is 0. The van der Waals surface area contributed by atoms with Crippen LogP contribution in [0.25, 0.3) is 11.3 Å². The number of nitrogens with zero attached hydrogens (tertiary/aromatic N) is 1. The smallest absolute Gasteiger partial charge is 0.299 e. The molecule has 2 aromatic carbocycles. The topological polar surface area (TPSA) is 47.3 Å². The first-order valence-corrected chi connectivity index (χ1v) is 6.28. The largest absolute Gasteiger partial charge is 1.00 e. The molecule has 0 radical (unpaired) electrons.